The average Bonchev–Trinajstić information content (AvgIpc) is 2.87. The Balaban J connectivity index is 1.88. The van der Waals surface area contributed by atoms with Crippen LogP contribution in [0.2, 0.25) is 0 Å². The van der Waals surface area contributed by atoms with E-state index < -0.39 is 16.1 Å². The second-order valence-electron chi connectivity index (χ2n) is 7.99. The van der Waals surface area contributed by atoms with Crippen molar-refractivity contribution < 1.29 is 18.0 Å². The number of nitrogens with one attached hydrogen (secondary N) is 2. The van der Waals surface area contributed by atoms with Crippen LogP contribution < -0.4 is 10.0 Å². The first-order valence-electron chi connectivity index (χ1n) is 10.3. The number of nitrogens with zero attached hydrogens (tertiary/aromatic N) is 1. The number of carbonyl (C=O) groups excluding carboxylic acids is 2. The van der Waals surface area contributed by atoms with Gasteiger partial charge in [0, 0.05) is 26.1 Å². The highest BCUT2D eigenvalue weighted by Gasteiger charge is 2.28. The molecule has 1 aliphatic rings. The molecular formula is C21H33N3O4S. The van der Waals surface area contributed by atoms with Gasteiger partial charge in [0.2, 0.25) is 21.8 Å². The van der Waals surface area contributed by atoms with Gasteiger partial charge in [0.15, 0.2) is 0 Å². The number of rotatable bonds is 9. The van der Waals surface area contributed by atoms with Gasteiger partial charge in [-0.2, -0.15) is 4.72 Å². The number of aryl methyl sites for hydroxylation is 1. The monoisotopic (exact) mass is 423 g/mol. The fraction of sp³-hybridized carbons (Fsp3) is 0.619. The molecule has 0 aromatic heterocycles. The molecule has 0 spiro atoms. The number of likely N-dealkylation sites (tertiary alicyclic amines) is 1. The van der Waals surface area contributed by atoms with Crippen LogP contribution in [0.1, 0.15) is 51.5 Å². The molecule has 1 aliphatic heterocycles. The second-order valence-corrected chi connectivity index (χ2v) is 9.71. The van der Waals surface area contributed by atoms with Gasteiger partial charge in [0.05, 0.1) is 4.90 Å². The highest BCUT2D eigenvalue weighted by molar-refractivity contribution is 7.89. The van der Waals surface area contributed by atoms with E-state index in [-0.39, 0.29) is 22.6 Å². The van der Waals surface area contributed by atoms with E-state index in [1.54, 1.807) is 26.0 Å². The predicted octanol–water partition coefficient (Wildman–Crippen LogP) is 2.21. The Morgan fingerprint density at radius 2 is 1.83 bits per heavy atom. The normalized spacial score (nSPS) is 16.6. The van der Waals surface area contributed by atoms with E-state index in [9.17, 15) is 18.0 Å². The molecule has 0 saturated carbocycles. The second kappa shape index (κ2) is 10.7. The van der Waals surface area contributed by atoms with Crippen molar-refractivity contribution in [1.29, 1.82) is 0 Å². The zero-order valence-corrected chi connectivity index (χ0v) is 18.4. The fourth-order valence-corrected chi connectivity index (χ4v) is 4.66. The van der Waals surface area contributed by atoms with Crippen molar-refractivity contribution in [2.75, 3.05) is 19.6 Å². The third-order valence-corrected chi connectivity index (χ3v) is 6.59. The molecule has 29 heavy (non-hydrogen) atoms. The van der Waals surface area contributed by atoms with Crippen LogP contribution in [0.4, 0.5) is 0 Å². The van der Waals surface area contributed by atoms with Crippen molar-refractivity contribution in [3.8, 4) is 0 Å². The molecule has 1 fully saturated rings. The van der Waals surface area contributed by atoms with Gasteiger partial charge in [0.25, 0.3) is 0 Å². The van der Waals surface area contributed by atoms with Crippen molar-refractivity contribution in [3.63, 3.8) is 0 Å². The van der Waals surface area contributed by atoms with Crippen LogP contribution in [0.15, 0.2) is 29.2 Å². The summed E-state index contributed by atoms with van der Waals surface area (Å²) in [6.45, 7) is 7.28. The highest BCUT2D eigenvalue weighted by Crippen LogP contribution is 2.14. The van der Waals surface area contributed by atoms with Crippen LogP contribution in [-0.2, 0) is 19.6 Å². The van der Waals surface area contributed by atoms with Gasteiger partial charge in [-0.1, -0.05) is 38.0 Å². The van der Waals surface area contributed by atoms with Crippen LogP contribution in [-0.4, -0.2) is 50.8 Å². The minimum absolute atomic E-state index is 0.140. The molecule has 8 heteroatoms. The van der Waals surface area contributed by atoms with Gasteiger partial charge in [-0.05, 0) is 44.2 Å². The van der Waals surface area contributed by atoms with Gasteiger partial charge in [-0.15, -0.1) is 0 Å². The first-order chi connectivity index (χ1) is 13.7. The molecule has 2 rings (SSSR count). The van der Waals surface area contributed by atoms with Crippen LogP contribution >= 0.6 is 0 Å². The molecular weight excluding hydrogens is 390 g/mol. The summed E-state index contributed by atoms with van der Waals surface area (Å²) >= 11 is 0. The molecule has 1 aromatic rings. The standard InChI is InChI=1S/C21H33N3O4S/c1-16(2)20(23-29(27,28)18-11-9-17(3)10-12-18)21(26)22-13-7-15-24-14-6-4-5-8-19(24)25/h9-12,16,20,23H,4-8,13-15H2,1-3H3,(H,22,26)/t20-/m0/s1. The molecule has 162 valence electrons. The Hall–Kier alpha value is -1.93. The highest BCUT2D eigenvalue weighted by atomic mass is 32.2. The Kier molecular flexibility index (Phi) is 8.64. The number of hydrogen-bond acceptors (Lipinski definition) is 4. The summed E-state index contributed by atoms with van der Waals surface area (Å²) in [4.78, 5) is 26.6. The molecule has 0 unspecified atom stereocenters. The molecule has 1 atom stereocenters. The summed E-state index contributed by atoms with van der Waals surface area (Å²) in [5, 5.41) is 2.81. The lowest BCUT2D eigenvalue weighted by molar-refractivity contribution is -0.130. The molecule has 1 saturated heterocycles. The molecule has 2 amide bonds. The quantitative estimate of drug-likeness (QED) is 0.595. The van der Waals surface area contributed by atoms with Crippen molar-refractivity contribution >= 4 is 21.8 Å². The zero-order valence-electron chi connectivity index (χ0n) is 17.6. The largest absolute Gasteiger partial charge is 0.355 e. The van der Waals surface area contributed by atoms with Crippen molar-refractivity contribution in [3.05, 3.63) is 29.8 Å². The van der Waals surface area contributed by atoms with E-state index >= 15 is 0 Å². The Labute approximate surface area is 174 Å². The lowest BCUT2D eigenvalue weighted by Crippen LogP contribution is -2.50. The Bertz CT molecular complexity index is 791. The maximum Gasteiger partial charge on any atom is 0.241 e. The molecule has 0 aliphatic carbocycles. The summed E-state index contributed by atoms with van der Waals surface area (Å²) in [6.07, 6.45) is 4.29. The van der Waals surface area contributed by atoms with Crippen molar-refractivity contribution in [2.45, 2.75) is 63.8 Å². The van der Waals surface area contributed by atoms with E-state index in [1.807, 2.05) is 11.8 Å². The van der Waals surface area contributed by atoms with Crippen molar-refractivity contribution in [2.24, 2.45) is 5.92 Å². The summed E-state index contributed by atoms with van der Waals surface area (Å²) in [6, 6.07) is 5.66. The molecule has 1 aromatic carbocycles. The van der Waals surface area contributed by atoms with E-state index in [1.165, 1.54) is 12.1 Å². The minimum atomic E-state index is -3.79. The third kappa shape index (κ3) is 7.12. The van der Waals surface area contributed by atoms with Crippen molar-refractivity contribution in [1.82, 2.24) is 14.9 Å². The SMILES string of the molecule is Cc1ccc(S(=O)(=O)N[C@H](C(=O)NCCCN2CCCCCC2=O)C(C)C)cc1. The molecule has 7 nitrogen and oxygen atoms in total. The Morgan fingerprint density at radius 3 is 2.48 bits per heavy atom. The fourth-order valence-electron chi connectivity index (χ4n) is 3.31. The maximum atomic E-state index is 12.6. The van der Waals surface area contributed by atoms with Crippen LogP contribution in [0.5, 0.6) is 0 Å². The molecule has 0 radical (unpaired) electrons. The lowest BCUT2D eigenvalue weighted by atomic mass is 10.1. The van der Waals surface area contributed by atoms with Gasteiger partial charge < -0.3 is 10.2 Å². The van der Waals surface area contributed by atoms with Crippen LogP contribution in [0.25, 0.3) is 0 Å². The summed E-state index contributed by atoms with van der Waals surface area (Å²) < 4.78 is 27.8. The summed E-state index contributed by atoms with van der Waals surface area (Å²) in [5.74, 6) is -0.375. The van der Waals surface area contributed by atoms with Crippen LogP contribution in [0.3, 0.4) is 0 Å². The molecule has 1 heterocycles. The number of sulfonamides is 1. The number of benzene rings is 1. The summed E-state index contributed by atoms with van der Waals surface area (Å²) in [7, 11) is -3.79. The van der Waals surface area contributed by atoms with Gasteiger partial charge >= 0.3 is 0 Å². The maximum absolute atomic E-state index is 12.6. The Morgan fingerprint density at radius 1 is 1.14 bits per heavy atom. The smallest absolute Gasteiger partial charge is 0.241 e. The topological polar surface area (TPSA) is 95.6 Å². The van der Waals surface area contributed by atoms with Crippen LogP contribution in [0, 0.1) is 12.8 Å². The number of amides is 2. The minimum Gasteiger partial charge on any atom is -0.355 e. The number of hydrogen-bond donors (Lipinski definition) is 2. The van der Waals surface area contributed by atoms with Gasteiger partial charge in [-0.25, -0.2) is 8.42 Å². The van der Waals surface area contributed by atoms with Gasteiger partial charge in [0.1, 0.15) is 6.04 Å². The van der Waals surface area contributed by atoms with Gasteiger partial charge in [-0.3, -0.25) is 9.59 Å². The van der Waals surface area contributed by atoms with E-state index in [4.69, 9.17) is 0 Å². The zero-order chi connectivity index (χ0) is 21.4. The first-order valence-corrected chi connectivity index (χ1v) is 11.8. The van der Waals surface area contributed by atoms with E-state index in [0.29, 0.717) is 25.9 Å². The lowest BCUT2D eigenvalue weighted by Gasteiger charge is -2.23. The molecule has 0 bridgehead atoms. The third-order valence-electron chi connectivity index (χ3n) is 5.14. The predicted molar refractivity (Wildman–Crippen MR) is 113 cm³/mol. The van der Waals surface area contributed by atoms with E-state index in [2.05, 4.69) is 10.0 Å². The van der Waals surface area contributed by atoms with E-state index in [0.717, 1.165) is 31.4 Å². The summed E-state index contributed by atoms with van der Waals surface area (Å²) in [5.41, 5.74) is 0.963. The first kappa shape index (κ1) is 23.3. The average molecular weight is 424 g/mol. The molecule has 2 N–H and O–H groups in total. The number of carbonyl (C=O) groups is 2.